The molecule has 0 amide bonds. The minimum atomic E-state index is -0.176. The zero-order chi connectivity index (χ0) is 23.7. The highest BCUT2D eigenvalue weighted by Gasteiger charge is 2.24. The summed E-state index contributed by atoms with van der Waals surface area (Å²) < 4.78 is 8.15. The van der Waals surface area contributed by atoms with E-state index in [0.717, 1.165) is 71.7 Å². The van der Waals surface area contributed by atoms with E-state index in [1.165, 1.54) is 4.70 Å². The molecule has 0 radical (unpaired) electrons. The molecule has 2 N–H and O–H groups in total. The predicted octanol–water partition coefficient (Wildman–Crippen LogP) is 4.76. The lowest BCUT2D eigenvalue weighted by Crippen LogP contribution is -2.45. The van der Waals surface area contributed by atoms with Gasteiger partial charge in [0.1, 0.15) is 0 Å². The number of nitrogens with zero attached hydrogens (tertiary/aromatic N) is 4. The topological polar surface area (TPSA) is 83.4 Å². The van der Waals surface area contributed by atoms with Crippen molar-refractivity contribution in [3.63, 3.8) is 0 Å². The van der Waals surface area contributed by atoms with Crippen molar-refractivity contribution in [2.45, 2.75) is 76.9 Å². The zero-order valence-electron chi connectivity index (χ0n) is 19.7. The maximum atomic E-state index is 9.86. The Hall–Kier alpha value is -1.65. The minimum absolute atomic E-state index is 0.176. The second-order valence-electron chi connectivity index (χ2n) is 9.67. The number of aliphatic hydroxyl groups excluding tert-OH is 1. The summed E-state index contributed by atoms with van der Waals surface area (Å²) in [5.74, 6) is 0.687. The Balaban J connectivity index is 1.38. The summed E-state index contributed by atoms with van der Waals surface area (Å²) in [5, 5.41) is 14.5. The molecule has 34 heavy (non-hydrogen) atoms. The molecular weight excluding hydrogens is 514 g/mol. The second kappa shape index (κ2) is 10.5. The Morgan fingerprint density at radius 3 is 2.56 bits per heavy atom. The van der Waals surface area contributed by atoms with Crippen LogP contribution in [0.1, 0.15) is 55.9 Å². The molecule has 5 rings (SSSR count). The van der Waals surface area contributed by atoms with Crippen LogP contribution >= 0.6 is 27.3 Å². The van der Waals surface area contributed by atoms with Gasteiger partial charge < -0.3 is 15.2 Å². The number of fused-ring (bicyclic) bond motifs is 1. The van der Waals surface area contributed by atoms with E-state index in [1.54, 1.807) is 11.3 Å². The van der Waals surface area contributed by atoms with Gasteiger partial charge in [-0.25, -0.2) is 15.0 Å². The fourth-order valence-electron chi connectivity index (χ4n) is 5.01. The van der Waals surface area contributed by atoms with Gasteiger partial charge in [-0.2, -0.15) is 0 Å². The molecule has 0 unspecified atom stereocenters. The number of anilines is 1. The summed E-state index contributed by atoms with van der Waals surface area (Å²) in [7, 11) is 0. The monoisotopic (exact) mass is 545 g/mol. The number of ether oxygens (including phenoxy) is 1. The van der Waals surface area contributed by atoms with Crippen LogP contribution in [0.3, 0.4) is 0 Å². The van der Waals surface area contributed by atoms with Gasteiger partial charge in [0.15, 0.2) is 0 Å². The lowest BCUT2D eigenvalue weighted by molar-refractivity contribution is -0.0707. The van der Waals surface area contributed by atoms with Crippen molar-refractivity contribution in [3.05, 3.63) is 45.1 Å². The lowest BCUT2D eigenvalue weighted by atomic mass is 9.93. The normalized spacial score (nSPS) is 26.1. The number of nitrogens with one attached hydrogen (secondary N) is 1. The van der Waals surface area contributed by atoms with E-state index in [2.05, 4.69) is 58.2 Å². The van der Waals surface area contributed by atoms with Crippen LogP contribution in [-0.4, -0.2) is 62.4 Å². The Bertz CT molecular complexity index is 1120. The number of hydrogen-bond acceptors (Lipinski definition) is 8. The molecule has 7 nitrogen and oxygen atoms in total. The van der Waals surface area contributed by atoms with Crippen molar-refractivity contribution >= 4 is 43.4 Å². The first-order chi connectivity index (χ1) is 16.4. The zero-order valence-corrected chi connectivity index (χ0v) is 22.1. The predicted molar refractivity (Wildman–Crippen MR) is 139 cm³/mol. The fraction of sp³-hybridized carbons (Fsp3) is 0.560. The average molecular weight is 547 g/mol. The molecule has 9 heteroatoms. The third kappa shape index (κ3) is 6.12. The van der Waals surface area contributed by atoms with Crippen molar-refractivity contribution in [2.75, 3.05) is 18.4 Å². The first-order valence-electron chi connectivity index (χ1n) is 12.1. The Labute approximate surface area is 213 Å². The molecule has 1 saturated heterocycles. The summed E-state index contributed by atoms with van der Waals surface area (Å²) in [6.07, 6.45) is 4.48. The highest BCUT2D eigenvalue weighted by Crippen LogP contribution is 2.27. The molecule has 1 aliphatic carbocycles. The van der Waals surface area contributed by atoms with Crippen LogP contribution in [0.25, 0.3) is 10.2 Å². The minimum Gasteiger partial charge on any atom is -0.393 e. The molecule has 1 aliphatic heterocycles. The smallest absolute Gasteiger partial charge is 0.223 e. The third-order valence-electron chi connectivity index (χ3n) is 6.47. The van der Waals surface area contributed by atoms with E-state index >= 15 is 0 Å². The molecule has 2 aliphatic rings. The third-order valence-corrected chi connectivity index (χ3v) is 7.98. The number of rotatable bonds is 6. The molecule has 2 aromatic heterocycles. The van der Waals surface area contributed by atoms with E-state index in [1.807, 2.05) is 6.07 Å². The number of halogens is 1. The van der Waals surface area contributed by atoms with Gasteiger partial charge in [-0.1, -0.05) is 15.9 Å². The second-order valence-corrected chi connectivity index (χ2v) is 11.7. The Kier molecular flexibility index (Phi) is 7.46. The molecule has 1 aromatic carbocycles. The van der Waals surface area contributed by atoms with Crippen LogP contribution in [-0.2, 0) is 17.7 Å². The van der Waals surface area contributed by atoms with Crippen molar-refractivity contribution in [1.82, 2.24) is 19.9 Å². The number of thiazole rings is 1. The van der Waals surface area contributed by atoms with Gasteiger partial charge in [0.2, 0.25) is 5.95 Å². The van der Waals surface area contributed by atoms with E-state index in [9.17, 15) is 5.11 Å². The highest BCUT2D eigenvalue weighted by atomic mass is 79.9. The first kappa shape index (κ1) is 24.1. The van der Waals surface area contributed by atoms with E-state index in [4.69, 9.17) is 19.7 Å². The number of aromatic nitrogens is 3. The lowest BCUT2D eigenvalue weighted by Gasteiger charge is -2.35. The maximum Gasteiger partial charge on any atom is 0.223 e. The van der Waals surface area contributed by atoms with E-state index in [-0.39, 0.29) is 18.3 Å². The van der Waals surface area contributed by atoms with Gasteiger partial charge in [0, 0.05) is 36.6 Å². The fourth-order valence-corrected chi connectivity index (χ4v) is 6.55. The average Bonchev–Trinajstić information content (AvgIpc) is 3.15. The summed E-state index contributed by atoms with van der Waals surface area (Å²) in [5.41, 5.74) is 3.03. The maximum absolute atomic E-state index is 9.86. The van der Waals surface area contributed by atoms with Crippen LogP contribution in [0.4, 0.5) is 5.95 Å². The quantitative estimate of drug-likeness (QED) is 0.461. The van der Waals surface area contributed by atoms with Gasteiger partial charge in [0.25, 0.3) is 0 Å². The highest BCUT2D eigenvalue weighted by molar-refractivity contribution is 9.10. The van der Waals surface area contributed by atoms with Gasteiger partial charge >= 0.3 is 0 Å². The van der Waals surface area contributed by atoms with Crippen LogP contribution in [0, 0.1) is 0 Å². The Morgan fingerprint density at radius 2 is 1.79 bits per heavy atom. The largest absolute Gasteiger partial charge is 0.393 e. The molecule has 0 spiro atoms. The van der Waals surface area contributed by atoms with Gasteiger partial charge in [-0.05, 0) is 63.8 Å². The Morgan fingerprint density at radius 1 is 1.06 bits per heavy atom. The SMILES string of the molecule is C[C@@H]1CN(Cc2cc(Cc3nc4ccc(Br)cc4s3)nc(NC3CCC(O)CC3)n2)C[C@H](C)O1. The number of benzene rings is 1. The van der Waals surface area contributed by atoms with Crippen molar-refractivity contribution in [2.24, 2.45) is 0 Å². The molecule has 1 saturated carbocycles. The molecule has 2 atom stereocenters. The van der Waals surface area contributed by atoms with Gasteiger partial charge in [0.05, 0.1) is 44.9 Å². The van der Waals surface area contributed by atoms with Crippen molar-refractivity contribution in [3.8, 4) is 0 Å². The van der Waals surface area contributed by atoms with Crippen LogP contribution in [0.15, 0.2) is 28.7 Å². The summed E-state index contributed by atoms with van der Waals surface area (Å²) in [6, 6.07) is 8.63. The molecule has 3 heterocycles. The van der Waals surface area contributed by atoms with Gasteiger partial charge in [-0.3, -0.25) is 4.90 Å². The number of hydrogen-bond donors (Lipinski definition) is 2. The molecule has 3 aromatic rings. The van der Waals surface area contributed by atoms with Crippen molar-refractivity contribution in [1.29, 1.82) is 0 Å². The van der Waals surface area contributed by atoms with Crippen LogP contribution in [0.2, 0.25) is 0 Å². The van der Waals surface area contributed by atoms with E-state index < -0.39 is 0 Å². The molecule has 0 bridgehead atoms. The first-order valence-corrected chi connectivity index (χ1v) is 13.7. The number of aliphatic hydroxyl groups is 1. The standard InChI is InChI=1S/C25H32BrN5O2S/c1-15-12-31(13-16(2)33-15)14-20-10-19(11-24-30-22-8-3-17(26)9-23(22)34-24)28-25(29-20)27-18-4-6-21(32)7-5-18/h3,8-10,15-16,18,21,32H,4-7,11-14H2,1-2H3,(H,27,28,29)/t15-,16+,18?,21?. The summed E-state index contributed by atoms with van der Waals surface area (Å²) in [4.78, 5) is 17.0. The molecule has 182 valence electrons. The van der Waals surface area contributed by atoms with Crippen LogP contribution < -0.4 is 5.32 Å². The molecular formula is C25H32BrN5O2S. The van der Waals surface area contributed by atoms with Crippen LogP contribution in [0.5, 0.6) is 0 Å². The molecule has 2 fully saturated rings. The number of morpholine rings is 1. The van der Waals surface area contributed by atoms with Gasteiger partial charge in [-0.15, -0.1) is 11.3 Å². The summed E-state index contributed by atoms with van der Waals surface area (Å²) in [6.45, 7) is 6.84. The van der Waals surface area contributed by atoms with Crippen molar-refractivity contribution < 1.29 is 9.84 Å². The van der Waals surface area contributed by atoms with E-state index in [0.29, 0.717) is 18.4 Å². The summed E-state index contributed by atoms with van der Waals surface area (Å²) >= 11 is 5.27.